The molecule has 0 atom stereocenters. The van der Waals surface area contributed by atoms with Crippen LogP contribution in [-0.4, -0.2) is 11.5 Å². The maximum Gasteiger partial charge on any atom is 0.0479 e. The van der Waals surface area contributed by atoms with E-state index >= 15 is 0 Å². The zero-order valence-corrected chi connectivity index (χ0v) is 11.0. The van der Waals surface area contributed by atoms with Crippen molar-refractivity contribution in [1.82, 2.24) is 10.3 Å². The van der Waals surface area contributed by atoms with Gasteiger partial charge in [-0.25, -0.2) is 0 Å². The first kappa shape index (κ1) is 11.6. The number of rotatable bonds is 3. The first-order chi connectivity index (χ1) is 8.79. The van der Waals surface area contributed by atoms with Crippen LogP contribution in [0.2, 0.25) is 5.02 Å². The van der Waals surface area contributed by atoms with Gasteiger partial charge >= 0.3 is 0 Å². The minimum absolute atomic E-state index is 0.766. The fourth-order valence-corrected chi connectivity index (χ4v) is 2.58. The van der Waals surface area contributed by atoms with Gasteiger partial charge in [0, 0.05) is 33.4 Å². The van der Waals surface area contributed by atoms with Gasteiger partial charge in [0.05, 0.1) is 0 Å². The van der Waals surface area contributed by atoms with E-state index < -0.39 is 0 Å². The Bertz CT molecular complexity index is 700. The number of fused-ring (bicyclic) bond motifs is 3. The van der Waals surface area contributed by atoms with Crippen LogP contribution in [0.5, 0.6) is 0 Å². The van der Waals surface area contributed by atoms with Gasteiger partial charge in [-0.15, -0.1) is 0 Å². The number of nitrogens with one attached hydrogen (secondary N) is 2. The molecule has 3 aromatic rings. The SMILES string of the molecule is CCNCc1cccc2[nH]c3cc(Cl)ccc3c12. The van der Waals surface area contributed by atoms with Crippen LogP contribution in [0.15, 0.2) is 36.4 Å². The summed E-state index contributed by atoms with van der Waals surface area (Å²) in [7, 11) is 0. The minimum atomic E-state index is 0.766. The average Bonchev–Trinajstić information content (AvgIpc) is 2.73. The molecule has 18 heavy (non-hydrogen) atoms. The Hall–Kier alpha value is -1.51. The molecule has 3 rings (SSSR count). The molecule has 0 bridgehead atoms. The summed E-state index contributed by atoms with van der Waals surface area (Å²) in [5.41, 5.74) is 3.59. The van der Waals surface area contributed by atoms with Crippen molar-refractivity contribution in [1.29, 1.82) is 0 Å². The Labute approximate surface area is 111 Å². The topological polar surface area (TPSA) is 27.8 Å². The quantitative estimate of drug-likeness (QED) is 0.728. The van der Waals surface area contributed by atoms with Gasteiger partial charge in [-0.3, -0.25) is 0 Å². The number of H-pyrrole nitrogens is 1. The van der Waals surface area contributed by atoms with Crippen LogP contribution < -0.4 is 5.32 Å². The molecule has 0 radical (unpaired) electrons. The van der Waals surface area contributed by atoms with E-state index in [1.165, 1.54) is 21.9 Å². The van der Waals surface area contributed by atoms with Crippen LogP contribution >= 0.6 is 11.6 Å². The van der Waals surface area contributed by atoms with Crippen molar-refractivity contribution >= 4 is 33.4 Å². The molecule has 0 fully saturated rings. The van der Waals surface area contributed by atoms with E-state index in [2.05, 4.69) is 41.5 Å². The number of aromatic nitrogens is 1. The van der Waals surface area contributed by atoms with Crippen LogP contribution in [0.25, 0.3) is 21.8 Å². The molecule has 2 nitrogen and oxygen atoms in total. The molecule has 0 aliphatic heterocycles. The summed E-state index contributed by atoms with van der Waals surface area (Å²) in [5, 5.41) is 6.68. The first-order valence-electron chi connectivity index (χ1n) is 6.19. The van der Waals surface area contributed by atoms with Crippen molar-refractivity contribution in [3.05, 3.63) is 47.0 Å². The molecule has 2 aromatic carbocycles. The highest BCUT2D eigenvalue weighted by Gasteiger charge is 2.08. The lowest BCUT2D eigenvalue weighted by Crippen LogP contribution is -2.11. The third kappa shape index (κ3) is 1.88. The standard InChI is InChI=1S/C15H15ClN2/c1-2-17-9-10-4-3-5-13-15(10)12-7-6-11(16)8-14(12)18-13/h3-8,17-18H,2,9H2,1H3. The van der Waals surface area contributed by atoms with E-state index in [0.29, 0.717) is 0 Å². The molecular formula is C15H15ClN2. The van der Waals surface area contributed by atoms with Crippen molar-refractivity contribution in [3.8, 4) is 0 Å². The molecule has 1 aromatic heterocycles. The summed E-state index contributed by atoms with van der Waals surface area (Å²) in [6.45, 7) is 3.99. The molecule has 0 unspecified atom stereocenters. The fraction of sp³-hybridized carbons (Fsp3) is 0.200. The van der Waals surface area contributed by atoms with E-state index in [1.807, 2.05) is 12.1 Å². The van der Waals surface area contributed by atoms with Crippen molar-refractivity contribution in [2.75, 3.05) is 6.54 Å². The Morgan fingerprint density at radius 1 is 1.17 bits per heavy atom. The number of halogens is 1. The van der Waals surface area contributed by atoms with E-state index in [4.69, 9.17) is 11.6 Å². The van der Waals surface area contributed by atoms with Gasteiger partial charge in [0.2, 0.25) is 0 Å². The van der Waals surface area contributed by atoms with E-state index in [-0.39, 0.29) is 0 Å². The highest BCUT2D eigenvalue weighted by molar-refractivity contribution is 6.31. The zero-order valence-electron chi connectivity index (χ0n) is 10.3. The summed E-state index contributed by atoms with van der Waals surface area (Å²) in [4.78, 5) is 3.42. The predicted octanol–water partition coefficient (Wildman–Crippen LogP) is 4.08. The van der Waals surface area contributed by atoms with Crippen molar-refractivity contribution in [3.63, 3.8) is 0 Å². The molecule has 3 heteroatoms. The van der Waals surface area contributed by atoms with Crippen LogP contribution in [0.1, 0.15) is 12.5 Å². The first-order valence-corrected chi connectivity index (χ1v) is 6.57. The maximum atomic E-state index is 6.04. The monoisotopic (exact) mass is 258 g/mol. The lowest BCUT2D eigenvalue weighted by molar-refractivity contribution is 0.731. The Kier molecular flexibility index (Phi) is 2.98. The van der Waals surface area contributed by atoms with Crippen LogP contribution in [0.4, 0.5) is 0 Å². The summed E-state index contributed by atoms with van der Waals surface area (Å²) >= 11 is 6.04. The van der Waals surface area contributed by atoms with Gasteiger partial charge in [-0.1, -0.05) is 36.7 Å². The van der Waals surface area contributed by atoms with Crippen LogP contribution in [0, 0.1) is 0 Å². The van der Waals surface area contributed by atoms with Crippen LogP contribution in [0.3, 0.4) is 0 Å². The number of benzene rings is 2. The average molecular weight is 259 g/mol. The summed E-state index contributed by atoms with van der Waals surface area (Å²) < 4.78 is 0. The largest absolute Gasteiger partial charge is 0.354 e. The summed E-state index contributed by atoms with van der Waals surface area (Å²) in [6.07, 6.45) is 0. The molecule has 0 aliphatic carbocycles. The predicted molar refractivity (Wildman–Crippen MR) is 78.2 cm³/mol. The van der Waals surface area contributed by atoms with Gasteiger partial charge in [0.25, 0.3) is 0 Å². The van der Waals surface area contributed by atoms with E-state index in [0.717, 1.165) is 23.6 Å². The number of aromatic amines is 1. The van der Waals surface area contributed by atoms with Crippen molar-refractivity contribution in [2.45, 2.75) is 13.5 Å². The third-order valence-electron chi connectivity index (χ3n) is 3.24. The van der Waals surface area contributed by atoms with Gasteiger partial charge < -0.3 is 10.3 Å². The summed E-state index contributed by atoms with van der Waals surface area (Å²) in [6, 6.07) is 12.4. The van der Waals surface area contributed by atoms with Gasteiger partial charge in [-0.2, -0.15) is 0 Å². The Morgan fingerprint density at radius 2 is 2.06 bits per heavy atom. The van der Waals surface area contributed by atoms with Crippen molar-refractivity contribution < 1.29 is 0 Å². The Balaban J connectivity index is 2.27. The highest BCUT2D eigenvalue weighted by atomic mass is 35.5. The molecule has 2 N–H and O–H groups in total. The molecule has 0 spiro atoms. The molecular weight excluding hydrogens is 244 g/mol. The van der Waals surface area contributed by atoms with Gasteiger partial charge in [-0.05, 0) is 30.3 Å². The van der Waals surface area contributed by atoms with Crippen LogP contribution in [-0.2, 0) is 6.54 Å². The third-order valence-corrected chi connectivity index (χ3v) is 3.47. The molecule has 0 saturated carbocycles. The minimum Gasteiger partial charge on any atom is -0.354 e. The molecule has 0 aliphatic rings. The number of hydrogen-bond donors (Lipinski definition) is 2. The van der Waals surface area contributed by atoms with Gasteiger partial charge in [0.15, 0.2) is 0 Å². The van der Waals surface area contributed by atoms with Crippen molar-refractivity contribution in [2.24, 2.45) is 0 Å². The molecule has 92 valence electrons. The lowest BCUT2D eigenvalue weighted by atomic mass is 10.1. The molecule has 0 saturated heterocycles. The second kappa shape index (κ2) is 4.63. The second-order valence-corrected chi connectivity index (χ2v) is 4.87. The maximum absolute atomic E-state index is 6.04. The Morgan fingerprint density at radius 3 is 2.89 bits per heavy atom. The lowest BCUT2D eigenvalue weighted by Gasteiger charge is -2.04. The van der Waals surface area contributed by atoms with E-state index in [9.17, 15) is 0 Å². The summed E-state index contributed by atoms with van der Waals surface area (Å²) in [5.74, 6) is 0. The second-order valence-electron chi connectivity index (χ2n) is 4.43. The highest BCUT2D eigenvalue weighted by Crippen LogP contribution is 2.30. The van der Waals surface area contributed by atoms with E-state index in [1.54, 1.807) is 0 Å². The normalized spacial score (nSPS) is 11.4. The smallest absolute Gasteiger partial charge is 0.0479 e. The fourth-order valence-electron chi connectivity index (χ4n) is 2.41. The zero-order chi connectivity index (χ0) is 12.5. The number of hydrogen-bond acceptors (Lipinski definition) is 1. The van der Waals surface area contributed by atoms with Gasteiger partial charge in [0.1, 0.15) is 0 Å². The molecule has 0 amide bonds. The molecule has 1 heterocycles.